The molecule has 156 valence electrons. The van der Waals surface area contributed by atoms with Gasteiger partial charge in [-0.05, 0) is 41.5 Å². The van der Waals surface area contributed by atoms with E-state index in [1.165, 1.54) is 9.80 Å². The van der Waals surface area contributed by atoms with Gasteiger partial charge in [0.2, 0.25) is 0 Å². The number of ketones is 2. The van der Waals surface area contributed by atoms with Crippen LogP contribution >= 0.6 is 0 Å². The molecule has 0 unspecified atom stereocenters. The molecule has 3 fully saturated rings. The van der Waals surface area contributed by atoms with Crippen LogP contribution in [0.1, 0.15) is 54.4 Å². The van der Waals surface area contributed by atoms with Gasteiger partial charge in [-0.15, -0.1) is 0 Å². The lowest BCUT2D eigenvalue weighted by Gasteiger charge is -2.60. The first-order valence-corrected chi connectivity index (χ1v) is 9.85. The van der Waals surface area contributed by atoms with Crippen molar-refractivity contribution in [2.24, 2.45) is 11.8 Å². The zero-order chi connectivity index (χ0) is 21.0. The molecular weight excluding hydrogens is 364 g/mol. The Bertz CT molecular complexity index is 636. The number of hydrogen-bond donors (Lipinski definition) is 0. The van der Waals surface area contributed by atoms with Gasteiger partial charge in [-0.3, -0.25) is 9.59 Å². The monoisotopic (exact) mass is 394 g/mol. The van der Waals surface area contributed by atoms with Crippen molar-refractivity contribution in [1.82, 2.24) is 9.80 Å². The lowest BCUT2D eigenvalue weighted by atomic mass is 9.57. The number of ether oxygens (including phenoxy) is 2. The van der Waals surface area contributed by atoms with Gasteiger partial charge < -0.3 is 19.3 Å². The number of carbonyl (C=O) groups excluding carboxylic acids is 4. The molecule has 3 rings (SSSR count). The number of nitrogens with zero attached hydrogens (tertiary/aromatic N) is 2. The zero-order valence-electron chi connectivity index (χ0n) is 17.5. The van der Waals surface area contributed by atoms with Crippen LogP contribution in [0.2, 0.25) is 0 Å². The summed E-state index contributed by atoms with van der Waals surface area (Å²) < 4.78 is 11.0. The van der Waals surface area contributed by atoms with Gasteiger partial charge in [0, 0.05) is 25.9 Å². The van der Waals surface area contributed by atoms with E-state index in [9.17, 15) is 19.2 Å². The summed E-state index contributed by atoms with van der Waals surface area (Å²) in [5.41, 5.74) is -1.34. The number of hydrogen-bond acceptors (Lipinski definition) is 6. The van der Waals surface area contributed by atoms with Gasteiger partial charge in [0.25, 0.3) is 0 Å². The topological polar surface area (TPSA) is 93.2 Å². The summed E-state index contributed by atoms with van der Waals surface area (Å²) in [6, 6.07) is -1.09. The highest BCUT2D eigenvalue weighted by Crippen LogP contribution is 2.48. The SMILES string of the molecule is CC(C)(C)OC(=O)N1CCC(=O)C2C1C1C(=O)CCN(C(=O)OC(C)(C)C)C21. The quantitative estimate of drug-likeness (QED) is 0.626. The maximum atomic E-state index is 12.7. The Labute approximate surface area is 165 Å². The molecule has 2 aliphatic heterocycles. The third kappa shape index (κ3) is 3.73. The molecule has 0 bridgehead atoms. The van der Waals surface area contributed by atoms with E-state index in [0.29, 0.717) is 0 Å². The molecule has 8 heteroatoms. The number of Topliss-reactive ketones (excluding diaryl/α,β-unsaturated/α-hetero) is 2. The van der Waals surface area contributed by atoms with Gasteiger partial charge in [0.05, 0.1) is 23.9 Å². The summed E-state index contributed by atoms with van der Waals surface area (Å²) in [5, 5.41) is 0. The highest BCUT2D eigenvalue weighted by Gasteiger charge is 2.65. The van der Waals surface area contributed by atoms with Crippen molar-refractivity contribution in [3.63, 3.8) is 0 Å². The Kier molecular flexibility index (Phi) is 4.96. The molecule has 0 N–H and O–H groups in total. The van der Waals surface area contributed by atoms with Crippen LogP contribution in [0.5, 0.6) is 0 Å². The molecule has 8 nitrogen and oxygen atoms in total. The van der Waals surface area contributed by atoms with Gasteiger partial charge in [-0.1, -0.05) is 0 Å². The highest BCUT2D eigenvalue weighted by atomic mass is 16.6. The molecule has 0 aromatic carbocycles. The van der Waals surface area contributed by atoms with Crippen molar-refractivity contribution in [1.29, 1.82) is 0 Å². The predicted molar refractivity (Wildman–Crippen MR) is 99.7 cm³/mol. The maximum absolute atomic E-state index is 12.7. The van der Waals surface area contributed by atoms with E-state index < -0.39 is 47.3 Å². The Hall–Kier alpha value is -2.12. The summed E-state index contributed by atoms with van der Waals surface area (Å²) in [6.07, 6.45) is -0.647. The average molecular weight is 394 g/mol. The third-order valence-electron chi connectivity index (χ3n) is 5.39. The summed E-state index contributed by atoms with van der Waals surface area (Å²) in [4.78, 5) is 53.7. The zero-order valence-corrected chi connectivity index (χ0v) is 17.5. The van der Waals surface area contributed by atoms with Crippen molar-refractivity contribution in [3.05, 3.63) is 0 Å². The second-order valence-corrected chi connectivity index (χ2v) is 9.81. The number of piperidine rings is 2. The van der Waals surface area contributed by atoms with Gasteiger partial charge in [-0.2, -0.15) is 0 Å². The smallest absolute Gasteiger partial charge is 0.410 e. The third-order valence-corrected chi connectivity index (χ3v) is 5.39. The molecule has 2 heterocycles. The first-order valence-electron chi connectivity index (χ1n) is 9.85. The number of rotatable bonds is 0. The van der Waals surface area contributed by atoms with Gasteiger partial charge in [0.15, 0.2) is 0 Å². The molecule has 2 saturated heterocycles. The van der Waals surface area contributed by atoms with E-state index >= 15 is 0 Å². The van der Waals surface area contributed by atoms with Crippen LogP contribution in [-0.2, 0) is 19.1 Å². The first kappa shape index (κ1) is 20.6. The largest absolute Gasteiger partial charge is 0.444 e. The van der Waals surface area contributed by atoms with Crippen LogP contribution < -0.4 is 0 Å². The minimum Gasteiger partial charge on any atom is -0.444 e. The summed E-state index contributed by atoms with van der Waals surface area (Å²) >= 11 is 0. The molecule has 0 spiro atoms. The van der Waals surface area contributed by atoms with Crippen LogP contribution in [0, 0.1) is 11.8 Å². The van der Waals surface area contributed by atoms with Crippen molar-refractivity contribution >= 4 is 23.8 Å². The van der Waals surface area contributed by atoms with Crippen LogP contribution in [0.25, 0.3) is 0 Å². The number of carbonyl (C=O) groups is 4. The number of amides is 2. The van der Waals surface area contributed by atoms with E-state index in [-0.39, 0.29) is 37.5 Å². The first-order chi connectivity index (χ1) is 12.8. The normalized spacial score (nSPS) is 30.2. The van der Waals surface area contributed by atoms with Crippen molar-refractivity contribution in [2.75, 3.05) is 13.1 Å². The average Bonchev–Trinajstić information content (AvgIpc) is 2.48. The Morgan fingerprint density at radius 2 is 1.07 bits per heavy atom. The lowest BCUT2D eigenvalue weighted by molar-refractivity contribution is -0.166. The minimum absolute atomic E-state index is 0.0192. The van der Waals surface area contributed by atoms with Crippen LogP contribution in [0.15, 0.2) is 0 Å². The molecule has 3 aliphatic rings. The maximum Gasteiger partial charge on any atom is 0.410 e. The fourth-order valence-corrected chi connectivity index (χ4v) is 4.40. The number of likely N-dealkylation sites (tertiary alicyclic amines) is 2. The summed E-state index contributed by atoms with van der Waals surface area (Å²) in [5.74, 6) is -1.17. The van der Waals surface area contributed by atoms with Crippen molar-refractivity contribution in [3.8, 4) is 0 Å². The van der Waals surface area contributed by atoms with Gasteiger partial charge in [0.1, 0.15) is 22.8 Å². The van der Waals surface area contributed by atoms with E-state index in [1.807, 2.05) is 0 Å². The molecule has 0 aromatic rings. The van der Waals surface area contributed by atoms with E-state index in [1.54, 1.807) is 41.5 Å². The Morgan fingerprint density at radius 1 is 0.750 bits per heavy atom. The molecular formula is C20H30N2O6. The molecule has 28 heavy (non-hydrogen) atoms. The van der Waals surface area contributed by atoms with Crippen LogP contribution in [-0.4, -0.2) is 69.9 Å². The van der Waals surface area contributed by atoms with Gasteiger partial charge in [-0.25, -0.2) is 9.59 Å². The molecule has 1 aliphatic carbocycles. The standard InChI is InChI=1S/C20H30N2O6/c1-19(2,3)27-17(25)21-9-7-11(23)13-15(21)14-12(24)8-10-22(16(13)14)18(26)28-20(4,5)6/h13-16H,7-10H2,1-6H3. The summed E-state index contributed by atoms with van der Waals surface area (Å²) in [7, 11) is 0. The van der Waals surface area contributed by atoms with Gasteiger partial charge >= 0.3 is 12.2 Å². The molecule has 1 saturated carbocycles. The fourth-order valence-electron chi connectivity index (χ4n) is 4.40. The minimum atomic E-state index is -0.670. The number of fused-ring (bicyclic) bond motifs is 4. The lowest BCUT2D eigenvalue weighted by Crippen LogP contribution is -2.77. The Balaban J connectivity index is 1.85. The van der Waals surface area contributed by atoms with E-state index in [2.05, 4.69) is 0 Å². The van der Waals surface area contributed by atoms with Crippen molar-refractivity contribution in [2.45, 2.75) is 77.7 Å². The predicted octanol–water partition coefficient (Wildman–Crippen LogP) is 2.39. The van der Waals surface area contributed by atoms with E-state index in [0.717, 1.165) is 0 Å². The molecule has 0 radical (unpaired) electrons. The highest BCUT2D eigenvalue weighted by molar-refractivity contribution is 5.95. The second kappa shape index (κ2) is 6.74. The fraction of sp³-hybridized carbons (Fsp3) is 0.800. The van der Waals surface area contributed by atoms with Crippen molar-refractivity contribution < 1.29 is 28.7 Å². The van der Waals surface area contributed by atoms with Crippen LogP contribution in [0.4, 0.5) is 9.59 Å². The Morgan fingerprint density at radius 3 is 1.36 bits per heavy atom. The molecule has 0 atom stereocenters. The second-order valence-electron chi connectivity index (χ2n) is 9.81. The van der Waals surface area contributed by atoms with Crippen LogP contribution in [0.3, 0.4) is 0 Å². The molecule has 0 aromatic heterocycles. The molecule has 2 amide bonds. The van der Waals surface area contributed by atoms with E-state index in [4.69, 9.17) is 9.47 Å². The summed E-state index contributed by atoms with van der Waals surface area (Å²) in [6.45, 7) is 11.1.